The van der Waals surface area contributed by atoms with E-state index in [0.29, 0.717) is 0 Å². The van der Waals surface area contributed by atoms with Crippen LogP contribution in [0, 0.1) is 5.21 Å². The molecule has 14 heavy (non-hydrogen) atoms. The second kappa shape index (κ2) is 3.86. The van der Waals surface area contributed by atoms with Gasteiger partial charge in [0.05, 0.1) is 7.11 Å². The van der Waals surface area contributed by atoms with Crippen molar-refractivity contribution < 1.29 is 23.2 Å². The van der Waals surface area contributed by atoms with Gasteiger partial charge in [0.1, 0.15) is 0 Å². The zero-order valence-corrected chi connectivity index (χ0v) is 7.00. The standard InChI is InChI=1S/C6H6F3N3O2/c1-14-12(13)4-2-3-10-5(11-4)6(7,8)9/h2-3,12H,1H3. The number of aromatic nitrogens is 2. The van der Waals surface area contributed by atoms with E-state index in [9.17, 15) is 18.4 Å². The van der Waals surface area contributed by atoms with Crippen molar-refractivity contribution in [1.29, 1.82) is 0 Å². The summed E-state index contributed by atoms with van der Waals surface area (Å²) in [6, 6.07) is 1.04. The van der Waals surface area contributed by atoms with E-state index in [2.05, 4.69) is 14.8 Å². The SMILES string of the molecule is CO[NH+]([O-])c1ccnc(C(F)(F)F)n1. The van der Waals surface area contributed by atoms with Gasteiger partial charge in [-0.1, -0.05) is 0 Å². The van der Waals surface area contributed by atoms with E-state index in [4.69, 9.17) is 0 Å². The van der Waals surface area contributed by atoms with Crippen LogP contribution >= 0.6 is 0 Å². The van der Waals surface area contributed by atoms with Gasteiger partial charge in [0, 0.05) is 12.3 Å². The molecule has 1 rings (SSSR count). The smallest absolute Gasteiger partial charge is 0.451 e. The summed E-state index contributed by atoms with van der Waals surface area (Å²) in [5, 5.41) is 9.88. The minimum atomic E-state index is -4.66. The fourth-order valence-electron chi connectivity index (χ4n) is 0.714. The Kier molecular flexibility index (Phi) is 2.99. The van der Waals surface area contributed by atoms with Crippen molar-refractivity contribution in [2.24, 2.45) is 0 Å². The summed E-state index contributed by atoms with van der Waals surface area (Å²) in [6.07, 6.45) is -3.81. The molecule has 0 saturated carbocycles. The van der Waals surface area contributed by atoms with Crippen molar-refractivity contribution >= 4 is 5.82 Å². The minimum absolute atomic E-state index is 0.421. The molecule has 1 heterocycles. The second-order valence-corrected chi connectivity index (χ2v) is 2.25. The van der Waals surface area contributed by atoms with E-state index in [1.807, 2.05) is 0 Å². The summed E-state index contributed by atoms with van der Waals surface area (Å²) >= 11 is 0. The summed E-state index contributed by atoms with van der Waals surface area (Å²) in [6.45, 7) is 0. The molecule has 0 spiro atoms. The zero-order valence-electron chi connectivity index (χ0n) is 7.00. The third-order valence-corrected chi connectivity index (χ3v) is 1.30. The van der Waals surface area contributed by atoms with Crippen LogP contribution in [0.25, 0.3) is 0 Å². The fourth-order valence-corrected chi connectivity index (χ4v) is 0.714. The van der Waals surface area contributed by atoms with Gasteiger partial charge in [-0.15, -0.1) is 0 Å². The van der Waals surface area contributed by atoms with Gasteiger partial charge in [-0.05, 0) is 0 Å². The number of halogens is 3. The summed E-state index contributed by atoms with van der Waals surface area (Å²) < 4.78 is 36.2. The lowest BCUT2D eigenvalue weighted by Crippen LogP contribution is -3.00. The van der Waals surface area contributed by atoms with Crippen LogP contribution < -0.4 is 5.23 Å². The quantitative estimate of drug-likeness (QED) is 0.700. The van der Waals surface area contributed by atoms with E-state index in [0.717, 1.165) is 19.4 Å². The highest BCUT2D eigenvalue weighted by Gasteiger charge is 2.35. The molecule has 1 unspecified atom stereocenters. The van der Waals surface area contributed by atoms with Crippen molar-refractivity contribution in [3.63, 3.8) is 0 Å². The van der Waals surface area contributed by atoms with E-state index < -0.39 is 23.0 Å². The van der Waals surface area contributed by atoms with Gasteiger partial charge >= 0.3 is 6.18 Å². The van der Waals surface area contributed by atoms with Crippen LogP contribution in [0.5, 0.6) is 0 Å². The fraction of sp³-hybridized carbons (Fsp3) is 0.333. The summed E-state index contributed by atoms with van der Waals surface area (Å²) in [5.41, 5.74) is 0. The van der Waals surface area contributed by atoms with Crippen LogP contribution in [0.15, 0.2) is 12.3 Å². The van der Waals surface area contributed by atoms with Gasteiger partial charge in [-0.3, -0.25) is 0 Å². The largest absolute Gasteiger partial charge is 0.593 e. The van der Waals surface area contributed by atoms with Gasteiger partial charge in [-0.25, -0.2) is 9.82 Å². The average molecular weight is 209 g/mol. The molecule has 78 valence electrons. The Balaban J connectivity index is 3.01. The topological polar surface area (TPSA) is 62.5 Å². The van der Waals surface area contributed by atoms with Crippen LogP contribution in [0.4, 0.5) is 19.0 Å². The van der Waals surface area contributed by atoms with Crippen molar-refractivity contribution in [2.45, 2.75) is 6.18 Å². The van der Waals surface area contributed by atoms with Gasteiger partial charge in [0.25, 0.3) is 5.82 Å². The highest BCUT2D eigenvalue weighted by molar-refractivity contribution is 5.16. The van der Waals surface area contributed by atoms with Crippen LogP contribution in [0.1, 0.15) is 5.82 Å². The molecule has 0 aliphatic rings. The van der Waals surface area contributed by atoms with Crippen molar-refractivity contribution in [3.05, 3.63) is 23.3 Å². The number of alkyl halides is 3. The number of nitrogens with one attached hydrogen (secondary N) is 1. The Bertz CT molecular complexity index is 317. The van der Waals surface area contributed by atoms with Crippen LogP contribution in [-0.2, 0) is 11.0 Å². The van der Waals surface area contributed by atoms with Crippen LogP contribution in [-0.4, -0.2) is 17.1 Å². The molecule has 0 aliphatic heterocycles. The predicted octanol–water partition coefficient (Wildman–Crippen LogP) is 0.0710. The van der Waals surface area contributed by atoms with Gasteiger partial charge < -0.3 is 5.21 Å². The molecule has 0 bridgehead atoms. The number of hydrogen-bond acceptors (Lipinski definition) is 4. The molecule has 5 nitrogen and oxygen atoms in total. The van der Waals surface area contributed by atoms with Gasteiger partial charge in [-0.2, -0.15) is 23.4 Å². The molecule has 8 heteroatoms. The maximum atomic E-state index is 12.1. The summed E-state index contributed by atoms with van der Waals surface area (Å²) in [7, 11) is 1.05. The molecule has 0 radical (unpaired) electrons. The Morgan fingerprint density at radius 3 is 2.64 bits per heavy atom. The zero-order chi connectivity index (χ0) is 10.8. The molecule has 1 N–H and O–H groups in total. The molecule has 0 aromatic carbocycles. The van der Waals surface area contributed by atoms with Crippen LogP contribution in [0.2, 0.25) is 0 Å². The Hall–Kier alpha value is -1.25. The Morgan fingerprint density at radius 1 is 1.50 bits per heavy atom. The highest BCUT2D eigenvalue weighted by atomic mass is 19.4. The highest BCUT2D eigenvalue weighted by Crippen LogP contribution is 2.25. The van der Waals surface area contributed by atoms with Gasteiger partial charge in [0.15, 0.2) is 0 Å². The summed E-state index contributed by atoms with van der Waals surface area (Å²) in [4.78, 5) is 10.2. The minimum Gasteiger partial charge on any atom is -0.593 e. The first-order chi connectivity index (χ1) is 6.45. The molecular weight excluding hydrogens is 203 g/mol. The lowest BCUT2D eigenvalue weighted by molar-refractivity contribution is -0.994. The molecule has 1 aromatic rings. The first-order valence-corrected chi connectivity index (χ1v) is 3.43. The third-order valence-electron chi connectivity index (χ3n) is 1.30. The van der Waals surface area contributed by atoms with Gasteiger partial charge in [0.2, 0.25) is 5.82 Å². The number of nitrogens with zero attached hydrogens (tertiary/aromatic N) is 2. The molecule has 0 saturated heterocycles. The molecule has 0 amide bonds. The number of quaternary nitrogens is 1. The average Bonchev–Trinajstić information content (AvgIpc) is 2.15. The number of hydrogen-bond donors (Lipinski definition) is 1. The van der Waals surface area contributed by atoms with Crippen LogP contribution in [0.3, 0.4) is 0 Å². The molecule has 0 fully saturated rings. The molecule has 1 aromatic heterocycles. The van der Waals surface area contributed by atoms with E-state index in [1.165, 1.54) is 0 Å². The normalized spacial score (nSPS) is 14.1. The maximum absolute atomic E-state index is 12.1. The Labute approximate surface area is 76.7 Å². The third kappa shape index (κ3) is 2.37. The molecule has 0 aliphatic carbocycles. The van der Waals surface area contributed by atoms with Crippen molar-refractivity contribution in [3.8, 4) is 0 Å². The predicted molar refractivity (Wildman–Crippen MR) is 38.0 cm³/mol. The van der Waals surface area contributed by atoms with E-state index >= 15 is 0 Å². The monoisotopic (exact) mass is 209 g/mol. The van der Waals surface area contributed by atoms with Crippen molar-refractivity contribution in [2.75, 3.05) is 7.11 Å². The first kappa shape index (κ1) is 10.8. The summed E-state index contributed by atoms with van der Waals surface area (Å²) in [5.74, 6) is -1.78. The number of rotatable bonds is 2. The van der Waals surface area contributed by atoms with Crippen molar-refractivity contribution in [1.82, 2.24) is 9.97 Å². The molecule has 1 atom stereocenters. The first-order valence-electron chi connectivity index (χ1n) is 3.43. The Morgan fingerprint density at radius 2 is 2.14 bits per heavy atom. The molecular formula is C6H6F3N3O2. The second-order valence-electron chi connectivity index (χ2n) is 2.25. The van der Waals surface area contributed by atoms with E-state index in [1.54, 1.807) is 0 Å². The maximum Gasteiger partial charge on any atom is 0.451 e. The lowest BCUT2D eigenvalue weighted by Gasteiger charge is -2.15. The lowest BCUT2D eigenvalue weighted by atomic mass is 10.5. The van der Waals surface area contributed by atoms with E-state index in [-0.39, 0.29) is 0 Å².